The van der Waals surface area contributed by atoms with Gasteiger partial charge in [0.05, 0.1) is 18.4 Å². The number of anilines is 1. The molecule has 26 heavy (non-hydrogen) atoms. The molecule has 134 valence electrons. The molecule has 2 aromatic heterocycles. The number of nitrogens with one attached hydrogen (secondary N) is 1. The molecule has 0 spiro atoms. The van der Waals surface area contributed by atoms with Crippen LogP contribution in [-0.2, 0) is 11.3 Å². The van der Waals surface area contributed by atoms with E-state index >= 15 is 0 Å². The standard InChI is InChI=1S/C19H19N3O4/c1-13(23)21-15-4-2-3-14(11-15)17-6-5-16(12-20-17)26-10-9-22-18(24)7-8-19(22)25/h2-8,11-12,24-25H,9-10H2,1H3,(H,21,23). The van der Waals surface area contributed by atoms with Gasteiger partial charge in [-0.1, -0.05) is 12.1 Å². The molecule has 0 aliphatic heterocycles. The van der Waals surface area contributed by atoms with Gasteiger partial charge < -0.3 is 20.3 Å². The van der Waals surface area contributed by atoms with Crippen LogP contribution in [0.3, 0.4) is 0 Å². The SMILES string of the molecule is CC(=O)Nc1cccc(-c2ccc(OCCn3c(O)ccc3O)cn2)c1. The predicted molar refractivity (Wildman–Crippen MR) is 97.2 cm³/mol. The van der Waals surface area contributed by atoms with Crippen molar-refractivity contribution in [1.82, 2.24) is 9.55 Å². The van der Waals surface area contributed by atoms with Gasteiger partial charge in [-0.3, -0.25) is 14.3 Å². The van der Waals surface area contributed by atoms with Gasteiger partial charge in [-0.2, -0.15) is 0 Å². The van der Waals surface area contributed by atoms with Crippen LogP contribution in [0.4, 0.5) is 5.69 Å². The van der Waals surface area contributed by atoms with E-state index in [0.717, 1.165) is 11.3 Å². The molecule has 3 rings (SSSR count). The van der Waals surface area contributed by atoms with Crippen LogP contribution in [0, 0.1) is 0 Å². The smallest absolute Gasteiger partial charge is 0.221 e. The lowest BCUT2D eigenvalue weighted by Crippen LogP contribution is -2.07. The number of hydrogen-bond donors (Lipinski definition) is 3. The van der Waals surface area contributed by atoms with Crippen LogP contribution in [0.1, 0.15) is 6.92 Å². The Kier molecular flexibility index (Phi) is 5.07. The molecular formula is C19H19N3O4. The summed E-state index contributed by atoms with van der Waals surface area (Å²) in [5.41, 5.74) is 2.35. The highest BCUT2D eigenvalue weighted by Crippen LogP contribution is 2.23. The minimum absolute atomic E-state index is 0.0152. The normalized spacial score (nSPS) is 10.5. The van der Waals surface area contributed by atoms with Crippen LogP contribution in [-0.4, -0.2) is 32.3 Å². The summed E-state index contributed by atoms with van der Waals surface area (Å²) >= 11 is 0. The largest absolute Gasteiger partial charge is 0.494 e. The maximum atomic E-state index is 11.2. The van der Waals surface area contributed by atoms with E-state index in [1.54, 1.807) is 12.3 Å². The Balaban J connectivity index is 1.62. The molecule has 0 unspecified atom stereocenters. The molecule has 3 aromatic rings. The first-order valence-corrected chi connectivity index (χ1v) is 8.07. The number of benzene rings is 1. The van der Waals surface area contributed by atoms with Crippen LogP contribution in [0.2, 0.25) is 0 Å². The summed E-state index contributed by atoms with van der Waals surface area (Å²) in [6.07, 6.45) is 1.61. The summed E-state index contributed by atoms with van der Waals surface area (Å²) in [6, 6.07) is 13.9. The summed E-state index contributed by atoms with van der Waals surface area (Å²) in [6.45, 7) is 2.05. The van der Waals surface area contributed by atoms with Crippen molar-refractivity contribution < 1.29 is 19.7 Å². The molecule has 1 amide bonds. The number of nitrogens with zero attached hydrogens (tertiary/aromatic N) is 2. The molecule has 3 N–H and O–H groups in total. The zero-order chi connectivity index (χ0) is 18.5. The van der Waals surface area contributed by atoms with Crippen molar-refractivity contribution in [3.05, 3.63) is 54.7 Å². The van der Waals surface area contributed by atoms with Gasteiger partial charge in [-0.25, -0.2) is 0 Å². The van der Waals surface area contributed by atoms with E-state index in [-0.39, 0.29) is 24.3 Å². The average Bonchev–Trinajstić information content (AvgIpc) is 2.94. The van der Waals surface area contributed by atoms with Gasteiger partial charge >= 0.3 is 0 Å². The second-order valence-electron chi connectivity index (χ2n) is 5.69. The van der Waals surface area contributed by atoms with Gasteiger partial charge in [-0.15, -0.1) is 0 Å². The molecule has 7 heteroatoms. The Morgan fingerprint density at radius 1 is 1.15 bits per heavy atom. The van der Waals surface area contributed by atoms with Crippen LogP contribution >= 0.6 is 0 Å². The fourth-order valence-electron chi connectivity index (χ4n) is 2.53. The van der Waals surface area contributed by atoms with Crippen LogP contribution < -0.4 is 10.1 Å². The Labute approximate surface area is 150 Å². The van der Waals surface area contributed by atoms with Gasteiger partial charge in [0.15, 0.2) is 11.8 Å². The Bertz CT molecular complexity index is 884. The molecule has 0 aliphatic carbocycles. The molecule has 0 atom stereocenters. The molecule has 0 saturated heterocycles. The zero-order valence-electron chi connectivity index (χ0n) is 14.2. The van der Waals surface area contributed by atoms with E-state index in [9.17, 15) is 15.0 Å². The first-order valence-electron chi connectivity index (χ1n) is 8.07. The van der Waals surface area contributed by atoms with Crippen molar-refractivity contribution >= 4 is 11.6 Å². The molecule has 0 saturated carbocycles. The number of rotatable bonds is 6. The van der Waals surface area contributed by atoms with Crippen molar-refractivity contribution in [3.8, 4) is 28.8 Å². The van der Waals surface area contributed by atoms with E-state index in [1.807, 2.05) is 30.3 Å². The number of aromatic hydroxyl groups is 2. The van der Waals surface area contributed by atoms with Crippen LogP contribution in [0.25, 0.3) is 11.3 Å². The number of amides is 1. The highest BCUT2D eigenvalue weighted by molar-refractivity contribution is 5.89. The molecule has 0 aliphatic rings. The van der Waals surface area contributed by atoms with Crippen molar-refractivity contribution in [2.75, 3.05) is 11.9 Å². The fourth-order valence-corrected chi connectivity index (χ4v) is 2.53. The summed E-state index contributed by atoms with van der Waals surface area (Å²) in [4.78, 5) is 15.5. The lowest BCUT2D eigenvalue weighted by atomic mass is 10.1. The maximum Gasteiger partial charge on any atom is 0.221 e. The van der Waals surface area contributed by atoms with Crippen molar-refractivity contribution in [2.24, 2.45) is 0 Å². The van der Waals surface area contributed by atoms with E-state index in [0.29, 0.717) is 18.0 Å². The van der Waals surface area contributed by atoms with Gasteiger partial charge in [0, 0.05) is 30.3 Å². The van der Waals surface area contributed by atoms with Gasteiger partial charge in [-0.05, 0) is 24.3 Å². The third kappa shape index (κ3) is 4.13. The zero-order valence-corrected chi connectivity index (χ0v) is 14.2. The summed E-state index contributed by atoms with van der Waals surface area (Å²) in [5, 5.41) is 21.9. The lowest BCUT2D eigenvalue weighted by Gasteiger charge is -2.10. The number of hydrogen-bond acceptors (Lipinski definition) is 5. The van der Waals surface area contributed by atoms with Crippen LogP contribution in [0.15, 0.2) is 54.7 Å². The minimum Gasteiger partial charge on any atom is -0.494 e. The van der Waals surface area contributed by atoms with Gasteiger partial charge in [0.2, 0.25) is 5.91 Å². The first kappa shape index (κ1) is 17.3. The Morgan fingerprint density at radius 3 is 2.58 bits per heavy atom. The minimum atomic E-state index is -0.126. The number of aromatic nitrogens is 2. The molecule has 1 aromatic carbocycles. The van der Waals surface area contributed by atoms with Crippen molar-refractivity contribution in [1.29, 1.82) is 0 Å². The lowest BCUT2D eigenvalue weighted by molar-refractivity contribution is -0.114. The fraction of sp³-hybridized carbons (Fsp3) is 0.158. The van der Waals surface area contributed by atoms with E-state index in [1.165, 1.54) is 23.6 Å². The van der Waals surface area contributed by atoms with Crippen LogP contribution in [0.5, 0.6) is 17.5 Å². The maximum absolute atomic E-state index is 11.2. The number of carbonyl (C=O) groups is 1. The average molecular weight is 353 g/mol. The highest BCUT2D eigenvalue weighted by atomic mass is 16.5. The van der Waals surface area contributed by atoms with Crippen molar-refractivity contribution in [3.63, 3.8) is 0 Å². The molecule has 0 bridgehead atoms. The summed E-state index contributed by atoms with van der Waals surface area (Å²) in [5.74, 6) is 0.425. The molecule has 0 fully saturated rings. The van der Waals surface area contributed by atoms with Gasteiger partial charge in [0.25, 0.3) is 0 Å². The third-order valence-corrected chi connectivity index (χ3v) is 3.73. The van der Waals surface area contributed by atoms with E-state index in [4.69, 9.17) is 4.74 Å². The van der Waals surface area contributed by atoms with E-state index in [2.05, 4.69) is 10.3 Å². The third-order valence-electron chi connectivity index (χ3n) is 3.73. The van der Waals surface area contributed by atoms with E-state index < -0.39 is 0 Å². The van der Waals surface area contributed by atoms with Gasteiger partial charge in [0.1, 0.15) is 12.4 Å². The first-order chi connectivity index (χ1) is 12.5. The quantitative estimate of drug-likeness (QED) is 0.633. The molecular weight excluding hydrogens is 334 g/mol. The Morgan fingerprint density at radius 2 is 1.92 bits per heavy atom. The molecule has 0 radical (unpaired) electrons. The topological polar surface area (TPSA) is 96.6 Å². The summed E-state index contributed by atoms with van der Waals surface area (Å²) < 4.78 is 6.94. The van der Waals surface area contributed by atoms with Crippen molar-refractivity contribution in [2.45, 2.75) is 13.5 Å². The molecule has 2 heterocycles. The Hall–Kier alpha value is -3.48. The molecule has 7 nitrogen and oxygen atoms in total. The summed E-state index contributed by atoms with van der Waals surface area (Å²) in [7, 11) is 0. The predicted octanol–water partition coefficient (Wildman–Crippen LogP) is 3.00. The number of pyridine rings is 1. The highest BCUT2D eigenvalue weighted by Gasteiger charge is 2.06. The second kappa shape index (κ2) is 7.60. The monoisotopic (exact) mass is 353 g/mol. The number of ether oxygens (including phenoxy) is 1. The second-order valence-corrected chi connectivity index (χ2v) is 5.69. The number of carbonyl (C=O) groups excluding carboxylic acids is 1.